The fraction of sp³-hybridized carbons (Fsp3) is 0.417. The van der Waals surface area contributed by atoms with E-state index in [0.717, 1.165) is 12.2 Å². The monoisotopic (exact) mass is 308 g/mol. The van der Waals surface area contributed by atoms with Crippen LogP contribution in [0.4, 0.5) is 0 Å². The molecule has 0 unspecified atom stereocenters. The zero-order valence-electron chi connectivity index (χ0n) is 10.6. The number of hydrogen-bond acceptors (Lipinski definition) is 4. The molecule has 100 valence electrons. The Morgan fingerprint density at radius 3 is 1.72 bits per heavy atom. The normalized spacial score (nSPS) is 11.6. The van der Waals surface area contributed by atoms with Crippen molar-refractivity contribution in [2.24, 2.45) is 0 Å². The van der Waals surface area contributed by atoms with Gasteiger partial charge in [-0.3, -0.25) is 14.4 Å². The first-order chi connectivity index (χ1) is 8.08. The first-order valence-electron chi connectivity index (χ1n) is 4.75. The zero-order chi connectivity index (χ0) is 14.3. The van der Waals surface area contributed by atoms with Gasteiger partial charge < -0.3 is 4.43 Å². The first-order valence-corrected chi connectivity index (χ1v) is 8.16. The summed E-state index contributed by atoms with van der Waals surface area (Å²) in [4.78, 5) is 22.5. The second-order valence-corrected chi connectivity index (χ2v) is 8.23. The number of hydrogen-bond donors (Lipinski definition) is 0. The molecule has 0 aliphatic heterocycles. The van der Waals surface area contributed by atoms with Crippen LogP contribution in [0.1, 0.15) is 12.8 Å². The molecule has 0 heterocycles. The Hall–Kier alpha value is -0.974. The molecule has 0 amide bonds. The van der Waals surface area contributed by atoms with Crippen molar-refractivity contribution in [3.8, 4) is 0 Å². The van der Waals surface area contributed by atoms with Gasteiger partial charge in [0.2, 0.25) is 8.32 Å². The summed E-state index contributed by atoms with van der Waals surface area (Å²) in [7, 11) is -1.36. The Balaban J connectivity index is -0.000000123. The van der Waals surface area contributed by atoms with Crippen LogP contribution in [-0.4, -0.2) is 28.7 Å². The van der Waals surface area contributed by atoms with E-state index in [9.17, 15) is 0 Å². The van der Waals surface area contributed by atoms with Gasteiger partial charge in [0.25, 0.3) is 20.4 Å². The predicted octanol–water partition coefficient (Wildman–Crippen LogP) is 1.88. The maximum atomic E-state index is 7.50. The molecule has 0 fully saturated rings. The van der Waals surface area contributed by atoms with Crippen LogP contribution in [0.5, 0.6) is 0 Å². The molecule has 0 bridgehead atoms. The maximum Gasteiger partial charge on any atom is 0.281 e. The van der Waals surface area contributed by atoms with Crippen LogP contribution in [0.2, 0.25) is 19.6 Å². The summed E-state index contributed by atoms with van der Waals surface area (Å²) in [6.45, 7) is 20.1. The van der Waals surface area contributed by atoms with Crippen molar-refractivity contribution in [2.45, 2.75) is 32.5 Å². The summed E-state index contributed by atoms with van der Waals surface area (Å²) in [6.07, 6.45) is 8.74. The van der Waals surface area contributed by atoms with E-state index in [2.05, 4.69) is 58.2 Å². The molecule has 0 aromatic rings. The van der Waals surface area contributed by atoms with Gasteiger partial charge in [-0.15, -0.1) is 0 Å². The fourth-order valence-electron chi connectivity index (χ4n) is 1.02. The molecule has 1 aliphatic carbocycles. The van der Waals surface area contributed by atoms with Crippen LogP contribution in [0.3, 0.4) is 0 Å². The van der Waals surface area contributed by atoms with Crippen LogP contribution >= 0.6 is 0 Å². The third-order valence-corrected chi connectivity index (χ3v) is 2.23. The van der Waals surface area contributed by atoms with E-state index in [0.29, 0.717) is 0 Å². The summed E-state index contributed by atoms with van der Waals surface area (Å²) in [5.74, 6) is 1.08. The predicted molar refractivity (Wildman–Crippen MR) is 68.0 cm³/mol. The minimum absolute atomic E-state index is 0. The largest absolute Gasteiger partial charge is 0.545 e. The second kappa shape index (κ2) is 18.4. The van der Waals surface area contributed by atoms with Gasteiger partial charge in [-0.1, -0.05) is 6.08 Å². The van der Waals surface area contributed by atoms with Gasteiger partial charge in [-0.2, -0.15) is 0 Å². The molecule has 6 radical (unpaired) electrons. The van der Waals surface area contributed by atoms with E-state index < -0.39 is 8.32 Å². The van der Waals surface area contributed by atoms with Gasteiger partial charge in [0.1, 0.15) is 0 Å². The Kier molecular flexibility index (Phi) is 26.3. The molecule has 1 aliphatic rings. The summed E-state index contributed by atoms with van der Waals surface area (Å²) < 4.78 is 5.79. The molecule has 0 N–H and O–H groups in total. The van der Waals surface area contributed by atoms with E-state index in [1.54, 1.807) is 0 Å². The summed E-state index contributed by atoms with van der Waals surface area (Å²) >= 11 is 0. The number of carbonyl (C=O) groups excluding carboxylic acids is 3. The quantitative estimate of drug-likeness (QED) is 0.731. The van der Waals surface area contributed by atoms with Gasteiger partial charge in [0.05, 0.1) is 5.76 Å². The van der Waals surface area contributed by atoms with Gasteiger partial charge >= 0.3 is 0 Å². The Bertz CT molecular complexity index is 232. The van der Waals surface area contributed by atoms with Gasteiger partial charge in [-0.05, 0) is 44.6 Å². The van der Waals surface area contributed by atoms with Crippen LogP contribution in [0.15, 0.2) is 24.0 Å². The Morgan fingerprint density at radius 1 is 1.00 bits per heavy atom. The molecular formula is C12H16FeO4Si. The standard InChI is InChI=1S/C9H16OSi.3CO.Fe/c1-11(2,3)10-9-7-5-4-6-8-9;3*1-2;/h5,7-8H,4,6H2,1-3H3;;;;. The van der Waals surface area contributed by atoms with Crippen LogP contribution in [0, 0.1) is 0 Å². The number of rotatable bonds is 2. The SMILES string of the molecule is C[Si](C)(C)OC1=CCCC=C1.[C]=O.[C]=O.[C]=O.[Fe]. The average molecular weight is 308 g/mol. The molecule has 6 heteroatoms. The second-order valence-electron chi connectivity index (χ2n) is 3.80. The molecule has 1 rings (SSSR count). The molecule has 4 nitrogen and oxygen atoms in total. The summed E-state index contributed by atoms with van der Waals surface area (Å²) in [6, 6.07) is 0. The summed E-state index contributed by atoms with van der Waals surface area (Å²) in [5, 5.41) is 0. The van der Waals surface area contributed by atoms with Crippen LogP contribution in [-0.2, 0) is 35.9 Å². The minimum atomic E-state index is -1.36. The van der Waals surface area contributed by atoms with Crippen molar-refractivity contribution in [3.05, 3.63) is 24.0 Å². The van der Waals surface area contributed by atoms with E-state index >= 15 is 0 Å². The topological polar surface area (TPSA) is 60.4 Å². The Morgan fingerprint density at radius 2 is 1.44 bits per heavy atom. The van der Waals surface area contributed by atoms with Crippen molar-refractivity contribution in [3.63, 3.8) is 0 Å². The molecule has 0 saturated carbocycles. The zero-order valence-corrected chi connectivity index (χ0v) is 12.7. The number of allylic oxidation sites excluding steroid dienone is 3. The average Bonchev–Trinajstić information content (AvgIpc) is 2.36. The Labute approximate surface area is 121 Å². The molecule has 0 atom stereocenters. The smallest absolute Gasteiger partial charge is 0.281 e. The molecule has 18 heavy (non-hydrogen) atoms. The minimum Gasteiger partial charge on any atom is -0.545 e. The van der Waals surface area contributed by atoms with Gasteiger partial charge in [0.15, 0.2) is 0 Å². The van der Waals surface area contributed by atoms with E-state index in [4.69, 9.17) is 18.8 Å². The van der Waals surface area contributed by atoms with E-state index in [1.807, 2.05) is 0 Å². The van der Waals surface area contributed by atoms with Gasteiger partial charge in [0, 0.05) is 17.1 Å². The van der Waals surface area contributed by atoms with Crippen molar-refractivity contribution >= 4 is 28.7 Å². The van der Waals surface area contributed by atoms with Crippen molar-refractivity contribution in [2.75, 3.05) is 0 Å². The van der Waals surface area contributed by atoms with Crippen LogP contribution in [0.25, 0.3) is 0 Å². The third-order valence-electron chi connectivity index (χ3n) is 1.39. The van der Waals surface area contributed by atoms with Crippen molar-refractivity contribution in [1.29, 1.82) is 0 Å². The fourth-order valence-corrected chi connectivity index (χ4v) is 1.88. The van der Waals surface area contributed by atoms with E-state index in [1.165, 1.54) is 6.42 Å². The molecule has 0 aromatic heterocycles. The van der Waals surface area contributed by atoms with Crippen LogP contribution < -0.4 is 0 Å². The van der Waals surface area contributed by atoms with Crippen molar-refractivity contribution in [1.82, 2.24) is 0 Å². The third kappa shape index (κ3) is 20.4. The molecule has 0 spiro atoms. The van der Waals surface area contributed by atoms with E-state index in [-0.39, 0.29) is 17.1 Å². The summed E-state index contributed by atoms with van der Waals surface area (Å²) in [5.41, 5.74) is 0. The maximum absolute atomic E-state index is 7.50. The van der Waals surface area contributed by atoms with Gasteiger partial charge in [-0.25, -0.2) is 0 Å². The van der Waals surface area contributed by atoms with Crippen molar-refractivity contribution < 1.29 is 35.9 Å². The molecule has 0 saturated heterocycles. The molecular weight excluding hydrogens is 292 g/mol. The molecule has 0 aromatic carbocycles. The first kappa shape index (κ1) is 25.8.